The summed E-state index contributed by atoms with van der Waals surface area (Å²) in [5.41, 5.74) is 0.701. The van der Waals surface area contributed by atoms with E-state index in [9.17, 15) is 4.79 Å². The Kier molecular flexibility index (Phi) is 5.83. The normalized spacial score (nSPS) is 22.3. The van der Waals surface area contributed by atoms with Gasteiger partial charge in [-0.2, -0.15) is 0 Å². The van der Waals surface area contributed by atoms with E-state index in [-0.39, 0.29) is 12.1 Å². The predicted octanol–water partition coefficient (Wildman–Crippen LogP) is 2.38. The van der Waals surface area contributed by atoms with Crippen LogP contribution in [0.1, 0.15) is 52.1 Å². The van der Waals surface area contributed by atoms with Crippen LogP contribution in [0.3, 0.4) is 0 Å². The monoisotopic (exact) mass is 308 g/mol. The van der Waals surface area contributed by atoms with Gasteiger partial charge in [0.25, 0.3) is 0 Å². The third-order valence-corrected chi connectivity index (χ3v) is 3.78. The van der Waals surface area contributed by atoms with E-state index in [1.165, 1.54) is 0 Å². The van der Waals surface area contributed by atoms with Crippen LogP contribution in [0.4, 0.5) is 4.79 Å². The SMILES string of the molecule is CC(C)(C)OC(=O)NC1CCCC(NCCc2cnc[nH]2)C1. The van der Waals surface area contributed by atoms with Gasteiger partial charge in [0.05, 0.1) is 6.33 Å². The summed E-state index contributed by atoms with van der Waals surface area (Å²) in [4.78, 5) is 19.0. The number of carbonyl (C=O) groups is 1. The summed E-state index contributed by atoms with van der Waals surface area (Å²) in [7, 11) is 0. The third kappa shape index (κ3) is 6.05. The zero-order chi connectivity index (χ0) is 16.0. The number of aromatic nitrogens is 2. The number of rotatable bonds is 5. The first-order valence-electron chi connectivity index (χ1n) is 8.12. The molecule has 124 valence electrons. The van der Waals surface area contributed by atoms with E-state index in [1.54, 1.807) is 6.33 Å². The van der Waals surface area contributed by atoms with E-state index in [0.29, 0.717) is 6.04 Å². The molecule has 3 N–H and O–H groups in total. The largest absolute Gasteiger partial charge is 0.444 e. The van der Waals surface area contributed by atoms with Gasteiger partial charge < -0.3 is 20.4 Å². The Hall–Kier alpha value is -1.56. The van der Waals surface area contributed by atoms with Crippen LogP contribution in [0.25, 0.3) is 0 Å². The number of aromatic amines is 1. The minimum atomic E-state index is -0.444. The molecule has 0 saturated heterocycles. The number of amides is 1. The highest BCUT2D eigenvalue weighted by Crippen LogP contribution is 2.19. The van der Waals surface area contributed by atoms with Crippen molar-refractivity contribution in [2.75, 3.05) is 6.54 Å². The summed E-state index contributed by atoms with van der Waals surface area (Å²) >= 11 is 0. The van der Waals surface area contributed by atoms with Gasteiger partial charge in [0.2, 0.25) is 0 Å². The molecule has 1 aromatic rings. The van der Waals surface area contributed by atoms with E-state index >= 15 is 0 Å². The molecule has 1 fully saturated rings. The van der Waals surface area contributed by atoms with Gasteiger partial charge in [0.1, 0.15) is 5.60 Å². The van der Waals surface area contributed by atoms with Gasteiger partial charge >= 0.3 is 6.09 Å². The molecule has 6 nitrogen and oxygen atoms in total. The van der Waals surface area contributed by atoms with Crippen LogP contribution in [0, 0.1) is 0 Å². The van der Waals surface area contributed by atoms with E-state index in [2.05, 4.69) is 20.6 Å². The van der Waals surface area contributed by atoms with Crippen LogP contribution in [0.5, 0.6) is 0 Å². The minimum absolute atomic E-state index is 0.202. The van der Waals surface area contributed by atoms with Crippen molar-refractivity contribution in [2.45, 2.75) is 70.6 Å². The highest BCUT2D eigenvalue weighted by atomic mass is 16.6. The second kappa shape index (κ2) is 7.63. The molecule has 1 saturated carbocycles. The van der Waals surface area contributed by atoms with Gasteiger partial charge in [-0.05, 0) is 46.5 Å². The molecule has 1 heterocycles. The number of H-pyrrole nitrogens is 1. The summed E-state index contributed by atoms with van der Waals surface area (Å²) in [6, 6.07) is 0.657. The van der Waals surface area contributed by atoms with Crippen LogP contribution in [0.2, 0.25) is 0 Å². The fraction of sp³-hybridized carbons (Fsp3) is 0.750. The lowest BCUT2D eigenvalue weighted by Gasteiger charge is -2.31. The average molecular weight is 308 g/mol. The smallest absolute Gasteiger partial charge is 0.407 e. The van der Waals surface area contributed by atoms with Crippen LogP contribution < -0.4 is 10.6 Å². The van der Waals surface area contributed by atoms with Crippen molar-refractivity contribution in [3.63, 3.8) is 0 Å². The van der Waals surface area contributed by atoms with Crippen molar-refractivity contribution >= 4 is 6.09 Å². The van der Waals surface area contributed by atoms with Gasteiger partial charge in [0, 0.05) is 36.9 Å². The quantitative estimate of drug-likeness (QED) is 0.780. The molecule has 0 spiro atoms. The minimum Gasteiger partial charge on any atom is -0.444 e. The summed E-state index contributed by atoms with van der Waals surface area (Å²) in [6.07, 6.45) is 8.47. The van der Waals surface area contributed by atoms with E-state index in [1.807, 2.05) is 27.0 Å². The Bertz CT molecular complexity index is 453. The number of hydrogen-bond acceptors (Lipinski definition) is 4. The van der Waals surface area contributed by atoms with Crippen molar-refractivity contribution in [1.29, 1.82) is 0 Å². The van der Waals surface area contributed by atoms with Gasteiger partial charge in [-0.3, -0.25) is 0 Å². The summed E-state index contributed by atoms with van der Waals surface area (Å²) in [5, 5.41) is 6.56. The van der Waals surface area contributed by atoms with Gasteiger partial charge in [0.15, 0.2) is 0 Å². The van der Waals surface area contributed by atoms with Crippen molar-refractivity contribution in [3.05, 3.63) is 18.2 Å². The number of alkyl carbamates (subject to hydrolysis) is 1. The number of imidazole rings is 1. The molecule has 1 aliphatic carbocycles. The topological polar surface area (TPSA) is 79.0 Å². The average Bonchev–Trinajstić information content (AvgIpc) is 2.90. The fourth-order valence-electron chi connectivity index (χ4n) is 2.81. The summed E-state index contributed by atoms with van der Waals surface area (Å²) < 4.78 is 5.32. The Morgan fingerprint density at radius 2 is 2.18 bits per heavy atom. The van der Waals surface area contributed by atoms with Crippen molar-refractivity contribution in [1.82, 2.24) is 20.6 Å². The highest BCUT2D eigenvalue weighted by Gasteiger charge is 2.25. The Morgan fingerprint density at radius 1 is 1.41 bits per heavy atom. The molecule has 2 unspecified atom stereocenters. The van der Waals surface area contributed by atoms with Crippen molar-refractivity contribution < 1.29 is 9.53 Å². The number of nitrogens with zero attached hydrogens (tertiary/aromatic N) is 1. The molecule has 0 radical (unpaired) electrons. The predicted molar refractivity (Wildman–Crippen MR) is 85.7 cm³/mol. The molecule has 0 aliphatic heterocycles. The van der Waals surface area contributed by atoms with Gasteiger partial charge in [-0.1, -0.05) is 0 Å². The second-order valence-electron chi connectivity index (χ2n) is 6.99. The maximum absolute atomic E-state index is 11.8. The Morgan fingerprint density at radius 3 is 2.86 bits per heavy atom. The molecule has 2 rings (SSSR count). The van der Waals surface area contributed by atoms with Gasteiger partial charge in [-0.25, -0.2) is 9.78 Å². The number of carbonyl (C=O) groups excluding carboxylic acids is 1. The molecule has 0 bridgehead atoms. The zero-order valence-corrected chi connectivity index (χ0v) is 13.8. The third-order valence-electron chi connectivity index (χ3n) is 3.78. The number of nitrogens with one attached hydrogen (secondary N) is 3. The lowest BCUT2D eigenvalue weighted by atomic mass is 9.91. The summed E-state index contributed by atoms with van der Waals surface area (Å²) in [6.45, 7) is 6.57. The molecule has 2 atom stereocenters. The van der Waals surface area contributed by atoms with Gasteiger partial charge in [-0.15, -0.1) is 0 Å². The first-order valence-corrected chi connectivity index (χ1v) is 8.12. The van der Waals surface area contributed by atoms with Crippen molar-refractivity contribution in [3.8, 4) is 0 Å². The second-order valence-corrected chi connectivity index (χ2v) is 6.99. The van der Waals surface area contributed by atoms with Crippen LogP contribution in [-0.4, -0.2) is 40.3 Å². The van der Waals surface area contributed by atoms with E-state index in [4.69, 9.17) is 4.74 Å². The number of hydrogen-bond donors (Lipinski definition) is 3. The van der Waals surface area contributed by atoms with Crippen LogP contribution in [0.15, 0.2) is 12.5 Å². The molecule has 1 aliphatic rings. The zero-order valence-electron chi connectivity index (χ0n) is 13.8. The number of ether oxygens (including phenoxy) is 1. The van der Waals surface area contributed by atoms with Crippen LogP contribution in [-0.2, 0) is 11.2 Å². The molecule has 6 heteroatoms. The fourth-order valence-corrected chi connectivity index (χ4v) is 2.81. The maximum Gasteiger partial charge on any atom is 0.407 e. The van der Waals surface area contributed by atoms with E-state index < -0.39 is 5.60 Å². The molecule has 1 amide bonds. The summed E-state index contributed by atoms with van der Waals surface area (Å²) in [5.74, 6) is 0. The Labute approximate surface area is 132 Å². The Balaban J connectivity index is 1.68. The molecule has 1 aromatic heterocycles. The van der Waals surface area contributed by atoms with E-state index in [0.717, 1.165) is 44.3 Å². The van der Waals surface area contributed by atoms with Crippen molar-refractivity contribution in [2.24, 2.45) is 0 Å². The molecular formula is C16H28N4O2. The first kappa shape index (κ1) is 16.8. The first-order chi connectivity index (χ1) is 10.4. The van der Waals surface area contributed by atoms with Crippen LogP contribution >= 0.6 is 0 Å². The maximum atomic E-state index is 11.8. The standard InChI is InChI=1S/C16H28N4O2/c1-16(2,3)22-15(21)20-13-6-4-5-12(9-13)18-8-7-14-10-17-11-19-14/h10-13,18H,4-9H2,1-3H3,(H,17,19)(H,20,21). The molecule has 22 heavy (non-hydrogen) atoms. The molecular weight excluding hydrogens is 280 g/mol. The lowest BCUT2D eigenvalue weighted by molar-refractivity contribution is 0.0489. The molecule has 0 aromatic carbocycles. The highest BCUT2D eigenvalue weighted by molar-refractivity contribution is 5.68. The lowest BCUT2D eigenvalue weighted by Crippen LogP contribution is -2.46.